The van der Waals surface area contributed by atoms with Crippen molar-refractivity contribution in [3.05, 3.63) is 59.1 Å². The zero-order chi connectivity index (χ0) is 17.6. The Morgan fingerprint density at radius 2 is 2.00 bits per heavy atom. The first-order valence-electron chi connectivity index (χ1n) is 8.71. The van der Waals surface area contributed by atoms with Gasteiger partial charge in [0, 0.05) is 23.3 Å². The largest absolute Gasteiger partial charge is 0.343 e. The summed E-state index contributed by atoms with van der Waals surface area (Å²) in [5.41, 5.74) is 1.67. The summed E-state index contributed by atoms with van der Waals surface area (Å²) in [6.45, 7) is 5.16. The fourth-order valence-electron chi connectivity index (χ4n) is 3.21. The molecule has 1 aliphatic rings. The lowest BCUT2D eigenvalue weighted by Gasteiger charge is -2.31. The minimum atomic E-state index is -0.317. The molecule has 1 saturated heterocycles. The maximum atomic E-state index is 12.8. The van der Waals surface area contributed by atoms with Gasteiger partial charge in [-0.05, 0) is 50.2 Å². The molecule has 1 aromatic carbocycles. The minimum Gasteiger partial charge on any atom is -0.343 e. The van der Waals surface area contributed by atoms with Crippen molar-refractivity contribution in [2.24, 2.45) is 5.92 Å². The average molecular weight is 359 g/mol. The van der Waals surface area contributed by atoms with Gasteiger partial charge in [0.15, 0.2) is 0 Å². The van der Waals surface area contributed by atoms with Crippen LogP contribution in [0, 0.1) is 5.92 Å². The highest BCUT2D eigenvalue weighted by Crippen LogP contribution is 2.24. The molecule has 0 spiro atoms. The lowest BCUT2D eigenvalue weighted by molar-refractivity contribution is -0.127. The molecule has 132 valence electrons. The van der Waals surface area contributed by atoms with Crippen molar-refractivity contribution >= 4 is 17.5 Å². The third-order valence-corrected chi connectivity index (χ3v) is 5.03. The zero-order valence-corrected chi connectivity index (χ0v) is 15.1. The molecular formula is C19H23ClN4O. The Kier molecular flexibility index (Phi) is 6.00. The molecule has 1 atom stereocenters. The molecule has 1 aliphatic heterocycles. The number of nitrogens with zero attached hydrogens (tertiary/aromatic N) is 3. The van der Waals surface area contributed by atoms with Crippen LogP contribution in [0.25, 0.3) is 0 Å². The lowest BCUT2D eigenvalue weighted by Crippen LogP contribution is -2.41. The van der Waals surface area contributed by atoms with Crippen LogP contribution in [-0.2, 0) is 4.79 Å². The first-order chi connectivity index (χ1) is 12.2. The summed E-state index contributed by atoms with van der Waals surface area (Å²) < 4.78 is 0. The Morgan fingerprint density at radius 3 is 2.60 bits per heavy atom. The number of benzene rings is 1. The second kappa shape index (κ2) is 8.41. The highest BCUT2D eigenvalue weighted by Gasteiger charge is 2.27. The molecule has 25 heavy (non-hydrogen) atoms. The topological polar surface area (TPSA) is 58.1 Å². The summed E-state index contributed by atoms with van der Waals surface area (Å²) in [6.07, 6.45) is 6.76. The van der Waals surface area contributed by atoms with E-state index in [-0.39, 0.29) is 17.9 Å². The van der Waals surface area contributed by atoms with Crippen molar-refractivity contribution in [2.75, 3.05) is 19.6 Å². The van der Waals surface area contributed by atoms with Crippen LogP contribution in [0.5, 0.6) is 0 Å². The Morgan fingerprint density at radius 1 is 1.28 bits per heavy atom. The number of hydrogen-bond acceptors (Lipinski definition) is 4. The summed E-state index contributed by atoms with van der Waals surface area (Å²) in [7, 11) is 0. The lowest BCUT2D eigenvalue weighted by atomic mass is 9.94. The molecule has 1 N–H and O–H groups in total. The van der Waals surface area contributed by atoms with E-state index in [4.69, 9.17) is 11.6 Å². The fourth-order valence-corrected chi connectivity index (χ4v) is 3.34. The Bertz CT molecular complexity index is 684. The molecule has 1 unspecified atom stereocenters. The molecule has 0 bridgehead atoms. The number of piperidine rings is 1. The number of halogens is 1. The first-order valence-corrected chi connectivity index (χ1v) is 9.09. The van der Waals surface area contributed by atoms with E-state index in [0.717, 1.165) is 43.7 Å². The van der Waals surface area contributed by atoms with E-state index in [0.29, 0.717) is 5.02 Å². The van der Waals surface area contributed by atoms with Crippen LogP contribution < -0.4 is 5.32 Å². The molecule has 0 saturated carbocycles. The van der Waals surface area contributed by atoms with Crippen molar-refractivity contribution < 1.29 is 4.79 Å². The van der Waals surface area contributed by atoms with E-state index in [1.165, 1.54) is 0 Å². The van der Waals surface area contributed by atoms with Crippen molar-refractivity contribution in [3.8, 4) is 0 Å². The SMILES string of the molecule is CCN1CCC(C(=O)NC(c2ccc(Cl)cc2)c2cnccn2)CC1. The van der Waals surface area contributed by atoms with E-state index < -0.39 is 0 Å². The van der Waals surface area contributed by atoms with Gasteiger partial charge in [0.25, 0.3) is 0 Å². The monoisotopic (exact) mass is 358 g/mol. The molecule has 3 rings (SSSR count). The average Bonchev–Trinajstić information content (AvgIpc) is 2.67. The second-order valence-corrected chi connectivity index (χ2v) is 6.77. The molecule has 1 amide bonds. The summed E-state index contributed by atoms with van der Waals surface area (Å²) >= 11 is 6.00. The van der Waals surface area contributed by atoms with Gasteiger partial charge in [-0.15, -0.1) is 0 Å². The molecule has 0 aliphatic carbocycles. The summed E-state index contributed by atoms with van der Waals surface area (Å²) in [5, 5.41) is 3.84. The van der Waals surface area contributed by atoms with Gasteiger partial charge in [-0.1, -0.05) is 30.7 Å². The molecule has 2 heterocycles. The van der Waals surface area contributed by atoms with Gasteiger partial charge >= 0.3 is 0 Å². The van der Waals surface area contributed by atoms with Gasteiger partial charge in [-0.3, -0.25) is 14.8 Å². The number of rotatable bonds is 5. The maximum Gasteiger partial charge on any atom is 0.224 e. The maximum absolute atomic E-state index is 12.8. The van der Waals surface area contributed by atoms with Gasteiger partial charge in [0.1, 0.15) is 0 Å². The third-order valence-electron chi connectivity index (χ3n) is 4.77. The standard InChI is InChI=1S/C19H23ClN4O/c1-2-24-11-7-15(8-12-24)19(25)23-18(17-13-21-9-10-22-17)14-3-5-16(20)6-4-14/h3-6,9-10,13,15,18H,2,7-8,11-12H2,1H3,(H,23,25). The van der Waals surface area contributed by atoms with Crippen molar-refractivity contribution in [1.29, 1.82) is 0 Å². The number of carbonyl (C=O) groups excluding carboxylic acids is 1. The first kappa shape index (κ1) is 17.8. The normalized spacial score (nSPS) is 17.2. The van der Waals surface area contributed by atoms with E-state index in [1.807, 2.05) is 24.3 Å². The molecule has 5 nitrogen and oxygen atoms in total. The van der Waals surface area contributed by atoms with Crippen LogP contribution in [-0.4, -0.2) is 40.4 Å². The van der Waals surface area contributed by atoms with Crippen LogP contribution in [0.2, 0.25) is 5.02 Å². The summed E-state index contributed by atoms with van der Waals surface area (Å²) in [5.74, 6) is 0.135. The van der Waals surface area contributed by atoms with Gasteiger partial charge in [-0.2, -0.15) is 0 Å². The van der Waals surface area contributed by atoms with Crippen molar-refractivity contribution in [2.45, 2.75) is 25.8 Å². The predicted molar refractivity (Wildman–Crippen MR) is 98.3 cm³/mol. The highest BCUT2D eigenvalue weighted by molar-refractivity contribution is 6.30. The highest BCUT2D eigenvalue weighted by atomic mass is 35.5. The number of likely N-dealkylation sites (tertiary alicyclic amines) is 1. The molecular weight excluding hydrogens is 336 g/mol. The number of carbonyl (C=O) groups is 1. The Hall–Kier alpha value is -1.98. The van der Waals surface area contributed by atoms with Gasteiger partial charge in [0.05, 0.1) is 17.9 Å². The predicted octanol–water partition coefficient (Wildman–Crippen LogP) is 3.07. The van der Waals surface area contributed by atoms with E-state index in [2.05, 4.69) is 27.1 Å². The smallest absolute Gasteiger partial charge is 0.224 e. The van der Waals surface area contributed by atoms with Crippen molar-refractivity contribution in [3.63, 3.8) is 0 Å². The van der Waals surface area contributed by atoms with Crippen LogP contribution in [0.15, 0.2) is 42.9 Å². The quantitative estimate of drug-likeness (QED) is 0.892. The van der Waals surface area contributed by atoms with Crippen LogP contribution >= 0.6 is 11.6 Å². The van der Waals surface area contributed by atoms with Crippen molar-refractivity contribution in [1.82, 2.24) is 20.2 Å². The molecule has 1 fully saturated rings. The molecule has 6 heteroatoms. The minimum absolute atomic E-state index is 0.0503. The Labute approximate surface area is 153 Å². The number of aromatic nitrogens is 2. The number of amides is 1. The molecule has 2 aromatic rings. The number of nitrogens with one attached hydrogen (secondary N) is 1. The zero-order valence-electron chi connectivity index (χ0n) is 14.4. The summed E-state index contributed by atoms with van der Waals surface area (Å²) in [6, 6.07) is 7.17. The fraction of sp³-hybridized carbons (Fsp3) is 0.421. The van der Waals surface area contributed by atoms with Gasteiger partial charge in [0.2, 0.25) is 5.91 Å². The van der Waals surface area contributed by atoms with Crippen LogP contribution in [0.4, 0.5) is 0 Å². The number of hydrogen-bond donors (Lipinski definition) is 1. The van der Waals surface area contributed by atoms with E-state index in [1.54, 1.807) is 18.6 Å². The van der Waals surface area contributed by atoms with E-state index >= 15 is 0 Å². The second-order valence-electron chi connectivity index (χ2n) is 6.33. The molecule has 0 radical (unpaired) electrons. The van der Waals surface area contributed by atoms with Gasteiger partial charge < -0.3 is 10.2 Å². The van der Waals surface area contributed by atoms with E-state index in [9.17, 15) is 4.79 Å². The molecule has 1 aromatic heterocycles. The van der Waals surface area contributed by atoms with Gasteiger partial charge in [-0.25, -0.2) is 0 Å². The third kappa shape index (κ3) is 4.55. The van der Waals surface area contributed by atoms with Crippen LogP contribution in [0.1, 0.15) is 37.1 Å². The van der Waals surface area contributed by atoms with Crippen LogP contribution in [0.3, 0.4) is 0 Å². The summed E-state index contributed by atoms with van der Waals surface area (Å²) in [4.78, 5) is 23.7. The Balaban J connectivity index is 1.76.